The highest BCUT2D eigenvalue weighted by Crippen LogP contribution is 2.17. The highest BCUT2D eigenvalue weighted by molar-refractivity contribution is 6.30. The minimum Gasteiger partial charge on any atom is -0.385 e. The summed E-state index contributed by atoms with van der Waals surface area (Å²) in [7, 11) is 3.59. The first-order valence-corrected chi connectivity index (χ1v) is 5.92. The number of hydrogen-bond acceptors (Lipinski definition) is 3. The molecule has 0 unspecified atom stereocenters. The second-order valence-electron chi connectivity index (χ2n) is 3.86. The molecule has 0 aliphatic heterocycles. The fourth-order valence-corrected chi connectivity index (χ4v) is 1.83. The van der Waals surface area contributed by atoms with Crippen LogP contribution in [0.4, 0.5) is 0 Å². The number of nitrogens with zero attached hydrogens (tertiary/aromatic N) is 2. The van der Waals surface area contributed by atoms with E-state index in [-0.39, 0.29) is 0 Å². The molecule has 0 aliphatic carbocycles. The standard InChI is InChI=1S/C11H20ClN3O/c1-9-10(11(12)15(2)14-9)8-13-6-4-5-7-16-3/h13H,4-8H2,1-3H3. The van der Waals surface area contributed by atoms with Gasteiger partial charge in [-0.25, -0.2) is 0 Å². The van der Waals surface area contributed by atoms with Gasteiger partial charge in [-0.1, -0.05) is 11.6 Å². The summed E-state index contributed by atoms with van der Waals surface area (Å²) in [6.07, 6.45) is 2.20. The van der Waals surface area contributed by atoms with E-state index in [9.17, 15) is 0 Å². The number of aromatic nitrogens is 2. The molecule has 0 bridgehead atoms. The molecule has 1 rings (SSSR count). The average Bonchev–Trinajstić information content (AvgIpc) is 2.49. The molecule has 5 heteroatoms. The lowest BCUT2D eigenvalue weighted by atomic mass is 10.2. The summed E-state index contributed by atoms with van der Waals surface area (Å²) in [5.74, 6) is 0. The first kappa shape index (κ1) is 13.5. The van der Waals surface area contributed by atoms with Crippen LogP contribution in [0.15, 0.2) is 0 Å². The van der Waals surface area contributed by atoms with Gasteiger partial charge in [-0.2, -0.15) is 5.10 Å². The second-order valence-corrected chi connectivity index (χ2v) is 4.21. The molecule has 92 valence electrons. The van der Waals surface area contributed by atoms with Gasteiger partial charge in [0.2, 0.25) is 0 Å². The van der Waals surface area contributed by atoms with Crippen LogP contribution in [-0.4, -0.2) is 30.0 Å². The van der Waals surface area contributed by atoms with Crippen molar-refractivity contribution < 1.29 is 4.74 Å². The summed E-state index contributed by atoms with van der Waals surface area (Å²) in [6.45, 7) is 4.57. The van der Waals surface area contributed by atoms with Crippen molar-refractivity contribution in [2.24, 2.45) is 7.05 Å². The minimum absolute atomic E-state index is 0.724. The van der Waals surface area contributed by atoms with Crippen molar-refractivity contribution >= 4 is 11.6 Å². The molecule has 0 saturated carbocycles. The Kier molecular flexibility index (Phi) is 5.80. The zero-order valence-electron chi connectivity index (χ0n) is 10.2. The van der Waals surface area contributed by atoms with Crippen molar-refractivity contribution in [2.45, 2.75) is 26.3 Å². The molecular formula is C11H20ClN3O. The van der Waals surface area contributed by atoms with E-state index >= 15 is 0 Å². The average molecular weight is 246 g/mol. The third kappa shape index (κ3) is 3.77. The maximum atomic E-state index is 6.12. The van der Waals surface area contributed by atoms with Crippen LogP contribution in [0.3, 0.4) is 0 Å². The first-order chi connectivity index (χ1) is 7.66. The Balaban J connectivity index is 2.26. The maximum absolute atomic E-state index is 6.12. The SMILES string of the molecule is COCCCCNCc1c(C)nn(C)c1Cl. The summed E-state index contributed by atoms with van der Waals surface area (Å²) >= 11 is 6.12. The number of ether oxygens (including phenoxy) is 1. The Morgan fingerprint density at radius 2 is 2.19 bits per heavy atom. The van der Waals surface area contributed by atoms with Crippen molar-refractivity contribution in [2.75, 3.05) is 20.3 Å². The van der Waals surface area contributed by atoms with Crippen molar-refractivity contribution in [3.8, 4) is 0 Å². The second kappa shape index (κ2) is 6.89. The van der Waals surface area contributed by atoms with Crippen LogP contribution in [0.5, 0.6) is 0 Å². The minimum atomic E-state index is 0.724. The van der Waals surface area contributed by atoms with Crippen LogP contribution in [-0.2, 0) is 18.3 Å². The summed E-state index contributed by atoms with van der Waals surface area (Å²) in [4.78, 5) is 0. The molecule has 1 N–H and O–H groups in total. The molecule has 0 spiro atoms. The molecule has 0 saturated heterocycles. The molecule has 1 aromatic rings. The molecule has 1 heterocycles. The Hall–Kier alpha value is -0.580. The number of aryl methyl sites for hydroxylation is 2. The lowest BCUT2D eigenvalue weighted by Crippen LogP contribution is -2.15. The van der Waals surface area contributed by atoms with Gasteiger partial charge in [-0.3, -0.25) is 4.68 Å². The normalized spacial score (nSPS) is 11.0. The number of unbranched alkanes of at least 4 members (excludes halogenated alkanes) is 1. The van der Waals surface area contributed by atoms with Gasteiger partial charge in [0.1, 0.15) is 5.15 Å². The zero-order chi connectivity index (χ0) is 12.0. The van der Waals surface area contributed by atoms with Gasteiger partial charge in [0.25, 0.3) is 0 Å². The van der Waals surface area contributed by atoms with Crippen LogP contribution < -0.4 is 5.32 Å². The van der Waals surface area contributed by atoms with Crippen LogP contribution >= 0.6 is 11.6 Å². The van der Waals surface area contributed by atoms with Gasteiger partial charge < -0.3 is 10.1 Å². The molecular weight excluding hydrogens is 226 g/mol. The number of methoxy groups -OCH3 is 1. The third-order valence-electron chi connectivity index (χ3n) is 2.52. The quantitative estimate of drug-likeness (QED) is 0.746. The van der Waals surface area contributed by atoms with Crippen molar-refractivity contribution in [3.63, 3.8) is 0 Å². The molecule has 1 aromatic heterocycles. The largest absolute Gasteiger partial charge is 0.385 e. The van der Waals surface area contributed by atoms with Gasteiger partial charge in [0.15, 0.2) is 0 Å². The highest BCUT2D eigenvalue weighted by Gasteiger charge is 2.09. The smallest absolute Gasteiger partial charge is 0.131 e. The predicted molar refractivity (Wildman–Crippen MR) is 65.8 cm³/mol. The van der Waals surface area contributed by atoms with Crippen LogP contribution in [0, 0.1) is 6.92 Å². The maximum Gasteiger partial charge on any atom is 0.131 e. The van der Waals surface area contributed by atoms with Gasteiger partial charge in [0.05, 0.1) is 5.69 Å². The monoisotopic (exact) mass is 245 g/mol. The lowest BCUT2D eigenvalue weighted by molar-refractivity contribution is 0.192. The van der Waals surface area contributed by atoms with Gasteiger partial charge in [-0.15, -0.1) is 0 Å². The molecule has 0 aliphatic rings. The topological polar surface area (TPSA) is 39.1 Å². The first-order valence-electron chi connectivity index (χ1n) is 5.54. The van der Waals surface area contributed by atoms with Crippen molar-refractivity contribution in [3.05, 3.63) is 16.4 Å². The summed E-state index contributed by atoms with van der Waals surface area (Å²) < 4.78 is 6.69. The summed E-state index contributed by atoms with van der Waals surface area (Å²) in [5.41, 5.74) is 2.09. The van der Waals surface area contributed by atoms with E-state index in [0.717, 1.165) is 48.9 Å². The van der Waals surface area contributed by atoms with Crippen LogP contribution in [0.1, 0.15) is 24.1 Å². The lowest BCUT2D eigenvalue weighted by Gasteiger charge is -2.04. The molecule has 0 atom stereocenters. The van der Waals surface area contributed by atoms with Crippen molar-refractivity contribution in [1.29, 1.82) is 0 Å². The van der Waals surface area contributed by atoms with Crippen molar-refractivity contribution in [1.82, 2.24) is 15.1 Å². The predicted octanol–water partition coefficient (Wildman–Crippen LogP) is 1.90. The molecule has 16 heavy (non-hydrogen) atoms. The van der Waals surface area contributed by atoms with Gasteiger partial charge in [0, 0.05) is 32.9 Å². The number of rotatable bonds is 7. The number of halogens is 1. The summed E-state index contributed by atoms with van der Waals surface area (Å²) in [5, 5.41) is 8.35. The van der Waals surface area contributed by atoms with Crippen LogP contribution in [0.25, 0.3) is 0 Å². The fourth-order valence-electron chi connectivity index (χ4n) is 1.58. The molecule has 0 amide bonds. The van der Waals surface area contributed by atoms with Crippen LogP contribution in [0.2, 0.25) is 5.15 Å². The number of nitrogens with one attached hydrogen (secondary N) is 1. The van der Waals surface area contributed by atoms with Gasteiger partial charge in [-0.05, 0) is 26.3 Å². The summed E-state index contributed by atoms with van der Waals surface area (Å²) in [6, 6.07) is 0. The molecule has 0 fully saturated rings. The van der Waals surface area contributed by atoms with E-state index in [1.54, 1.807) is 11.8 Å². The van der Waals surface area contributed by atoms with E-state index in [4.69, 9.17) is 16.3 Å². The zero-order valence-corrected chi connectivity index (χ0v) is 11.0. The van der Waals surface area contributed by atoms with E-state index in [1.807, 2.05) is 14.0 Å². The Morgan fingerprint density at radius 1 is 1.44 bits per heavy atom. The Morgan fingerprint density at radius 3 is 2.75 bits per heavy atom. The Labute approximate surface area is 102 Å². The molecule has 4 nitrogen and oxygen atoms in total. The van der Waals surface area contributed by atoms with E-state index < -0.39 is 0 Å². The van der Waals surface area contributed by atoms with Gasteiger partial charge >= 0.3 is 0 Å². The van der Waals surface area contributed by atoms with E-state index in [1.165, 1.54) is 0 Å². The fraction of sp³-hybridized carbons (Fsp3) is 0.727. The Bertz CT molecular complexity index is 325. The van der Waals surface area contributed by atoms with E-state index in [0.29, 0.717) is 0 Å². The number of hydrogen-bond donors (Lipinski definition) is 1. The molecule has 0 radical (unpaired) electrons. The van der Waals surface area contributed by atoms with E-state index in [2.05, 4.69) is 10.4 Å². The molecule has 0 aromatic carbocycles. The highest BCUT2D eigenvalue weighted by atomic mass is 35.5. The third-order valence-corrected chi connectivity index (χ3v) is 3.00.